The quantitative estimate of drug-likeness (QED) is 0.398. The van der Waals surface area contributed by atoms with Crippen LogP contribution in [0.1, 0.15) is 42.0 Å². The number of fused-ring (bicyclic) bond motifs is 1. The van der Waals surface area contributed by atoms with E-state index < -0.39 is 0 Å². The number of anilines is 2. The third kappa shape index (κ3) is 5.03. The molecule has 1 fully saturated rings. The molecule has 4 aromatic rings. The molecule has 1 atom stereocenters. The minimum Gasteiger partial charge on any atom is -0.382 e. The average molecular weight is 516 g/mol. The summed E-state index contributed by atoms with van der Waals surface area (Å²) in [6.45, 7) is 2.06. The molecule has 11 heteroatoms. The summed E-state index contributed by atoms with van der Waals surface area (Å²) in [7, 11) is 0. The van der Waals surface area contributed by atoms with Gasteiger partial charge in [-0.25, -0.2) is 15.0 Å². The third-order valence-corrected chi connectivity index (χ3v) is 7.01. The minimum atomic E-state index is -0.273. The highest BCUT2D eigenvalue weighted by molar-refractivity contribution is 8.14. The van der Waals surface area contributed by atoms with E-state index in [1.807, 2.05) is 16.5 Å². The Bertz CT molecular complexity index is 1470. The van der Waals surface area contributed by atoms with Crippen molar-refractivity contribution in [2.24, 2.45) is 0 Å². The number of thioether (sulfide) groups is 1. The number of nitrogen functional groups attached to an aromatic ring is 1. The Kier molecular flexibility index (Phi) is 6.87. The molecule has 0 aliphatic carbocycles. The zero-order chi connectivity index (χ0) is 25.9. The minimum absolute atomic E-state index is 0.0892. The third-order valence-electron chi connectivity index (χ3n) is 6.21. The second kappa shape index (κ2) is 10.4. The molecule has 1 aliphatic heterocycles. The summed E-state index contributed by atoms with van der Waals surface area (Å²) in [6.07, 6.45) is 6.60. The van der Waals surface area contributed by atoms with Crippen LogP contribution in [0.2, 0.25) is 0 Å². The van der Waals surface area contributed by atoms with Gasteiger partial charge in [0.2, 0.25) is 5.91 Å². The van der Waals surface area contributed by atoms with Crippen LogP contribution in [-0.2, 0) is 9.59 Å². The molecule has 0 spiro atoms. The van der Waals surface area contributed by atoms with Gasteiger partial charge in [-0.2, -0.15) is 0 Å². The van der Waals surface area contributed by atoms with Crippen molar-refractivity contribution in [3.63, 3.8) is 0 Å². The van der Waals surface area contributed by atoms with Gasteiger partial charge in [0.15, 0.2) is 5.12 Å². The lowest BCUT2D eigenvalue weighted by molar-refractivity contribution is -0.129. The number of benzene rings is 1. The molecule has 4 heterocycles. The van der Waals surface area contributed by atoms with Gasteiger partial charge in [-0.15, -0.1) is 0 Å². The number of nitrogens with zero attached hydrogens (tertiary/aromatic N) is 5. The topological polar surface area (TPSA) is 136 Å². The maximum Gasteiger partial charge on any atom is 0.256 e. The number of aromatic nitrogens is 4. The number of rotatable bonds is 6. The molecule has 0 radical (unpaired) electrons. The van der Waals surface area contributed by atoms with Crippen molar-refractivity contribution < 1.29 is 14.4 Å². The molecule has 2 amide bonds. The molecule has 0 bridgehead atoms. The molecule has 0 saturated carbocycles. The fourth-order valence-corrected chi connectivity index (χ4v) is 5.00. The summed E-state index contributed by atoms with van der Waals surface area (Å²) in [6, 6.07) is 12.1. The van der Waals surface area contributed by atoms with Gasteiger partial charge < -0.3 is 16.0 Å². The molecule has 5 rings (SSSR count). The number of nitrogens with one attached hydrogen (secondary N) is 1. The van der Waals surface area contributed by atoms with Gasteiger partial charge in [0, 0.05) is 43.2 Å². The molecular formula is C26H25N7O3S. The van der Waals surface area contributed by atoms with E-state index in [-0.39, 0.29) is 28.7 Å². The first kappa shape index (κ1) is 24.4. The van der Waals surface area contributed by atoms with Crippen LogP contribution in [0, 0.1) is 0 Å². The second-order valence-corrected chi connectivity index (χ2v) is 9.77. The Labute approximate surface area is 217 Å². The highest BCUT2D eigenvalue weighted by Gasteiger charge is 2.34. The van der Waals surface area contributed by atoms with E-state index in [0.29, 0.717) is 40.8 Å². The monoisotopic (exact) mass is 515 g/mol. The first-order valence-corrected chi connectivity index (χ1v) is 12.8. The van der Waals surface area contributed by atoms with E-state index in [4.69, 9.17) is 10.7 Å². The molecule has 10 nitrogen and oxygen atoms in total. The number of pyridine rings is 1. The van der Waals surface area contributed by atoms with Crippen LogP contribution < -0.4 is 11.1 Å². The summed E-state index contributed by atoms with van der Waals surface area (Å²) >= 11 is 1.01. The molecule has 188 valence electrons. The van der Waals surface area contributed by atoms with E-state index in [1.165, 1.54) is 6.92 Å². The van der Waals surface area contributed by atoms with E-state index in [9.17, 15) is 14.4 Å². The summed E-state index contributed by atoms with van der Waals surface area (Å²) in [5.41, 5.74) is 8.78. The number of hydrogen-bond donors (Lipinski definition) is 2. The number of nitrogens with two attached hydrogens (primary N) is 1. The first-order valence-electron chi connectivity index (χ1n) is 11.8. The van der Waals surface area contributed by atoms with Gasteiger partial charge in [0.1, 0.15) is 28.7 Å². The van der Waals surface area contributed by atoms with Crippen molar-refractivity contribution >= 4 is 45.8 Å². The van der Waals surface area contributed by atoms with E-state index in [0.717, 1.165) is 30.2 Å². The zero-order valence-electron chi connectivity index (χ0n) is 20.1. The highest BCUT2D eigenvalue weighted by Crippen LogP contribution is 2.36. The fourth-order valence-electron chi connectivity index (χ4n) is 4.51. The molecule has 1 aromatic carbocycles. The Morgan fingerprint density at radius 3 is 2.65 bits per heavy atom. The Hall–Kier alpha value is -4.25. The number of amides is 2. The number of imidazole rings is 1. The van der Waals surface area contributed by atoms with Crippen LogP contribution in [0.15, 0.2) is 61.1 Å². The van der Waals surface area contributed by atoms with Crippen molar-refractivity contribution in [2.75, 3.05) is 23.3 Å². The largest absolute Gasteiger partial charge is 0.382 e. The summed E-state index contributed by atoms with van der Waals surface area (Å²) < 4.78 is 1.88. The van der Waals surface area contributed by atoms with Gasteiger partial charge >= 0.3 is 0 Å². The van der Waals surface area contributed by atoms with Crippen LogP contribution in [0.5, 0.6) is 0 Å². The SMILES string of the molecule is CC(=O)SCC(=O)N1CCC[C@H]1c1nc(-c2ccc(C(=O)Nc3ccccn3)cc2)c2c(N)nccn12. The number of carbonyl (C=O) groups is 3. The summed E-state index contributed by atoms with van der Waals surface area (Å²) in [4.78, 5) is 52.0. The Morgan fingerprint density at radius 1 is 1.11 bits per heavy atom. The van der Waals surface area contributed by atoms with Gasteiger partial charge in [0.25, 0.3) is 5.91 Å². The van der Waals surface area contributed by atoms with Crippen molar-refractivity contribution in [1.82, 2.24) is 24.3 Å². The predicted molar refractivity (Wildman–Crippen MR) is 142 cm³/mol. The fraction of sp³-hybridized carbons (Fsp3) is 0.231. The van der Waals surface area contributed by atoms with Crippen LogP contribution in [0.4, 0.5) is 11.6 Å². The molecule has 0 unspecified atom stereocenters. The molecule has 1 saturated heterocycles. The van der Waals surface area contributed by atoms with Crippen LogP contribution in [0.3, 0.4) is 0 Å². The van der Waals surface area contributed by atoms with Gasteiger partial charge in [-0.3, -0.25) is 18.8 Å². The molecule has 37 heavy (non-hydrogen) atoms. The summed E-state index contributed by atoms with van der Waals surface area (Å²) in [5.74, 6) is 1.22. The molecule has 3 aromatic heterocycles. The highest BCUT2D eigenvalue weighted by atomic mass is 32.2. The number of likely N-dealkylation sites (tertiary alicyclic amines) is 1. The van der Waals surface area contributed by atoms with Crippen molar-refractivity contribution in [2.45, 2.75) is 25.8 Å². The Morgan fingerprint density at radius 2 is 1.92 bits per heavy atom. The smallest absolute Gasteiger partial charge is 0.256 e. The van der Waals surface area contributed by atoms with Gasteiger partial charge in [-0.05, 0) is 37.1 Å². The van der Waals surface area contributed by atoms with Crippen LogP contribution in [0.25, 0.3) is 16.8 Å². The van der Waals surface area contributed by atoms with Gasteiger partial charge in [-0.1, -0.05) is 30.0 Å². The van der Waals surface area contributed by atoms with Crippen molar-refractivity contribution in [1.29, 1.82) is 0 Å². The van der Waals surface area contributed by atoms with E-state index >= 15 is 0 Å². The maximum absolute atomic E-state index is 12.9. The lowest BCUT2D eigenvalue weighted by Crippen LogP contribution is -2.33. The van der Waals surface area contributed by atoms with Crippen molar-refractivity contribution in [3.05, 3.63) is 72.4 Å². The van der Waals surface area contributed by atoms with Crippen LogP contribution in [-0.4, -0.2) is 53.5 Å². The lowest BCUT2D eigenvalue weighted by atomic mass is 10.1. The average Bonchev–Trinajstić information content (AvgIpc) is 3.54. The number of hydrogen-bond acceptors (Lipinski definition) is 8. The number of carbonyl (C=O) groups excluding carboxylic acids is 3. The molecule has 3 N–H and O–H groups in total. The van der Waals surface area contributed by atoms with Crippen molar-refractivity contribution in [3.8, 4) is 11.3 Å². The molecular weight excluding hydrogens is 490 g/mol. The van der Waals surface area contributed by atoms with E-state index in [1.54, 1.807) is 53.8 Å². The van der Waals surface area contributed by atoms with Crippen LogP contribution >= 0.6 is 11.8 Å². The predicted octanol–water partition coefficient (Wildman–Crippen LogP) is 3.57. The molecule has 1 aliphatic rings. The lowest BCUT2D eigenvalue weighted by Gasteiger charge is -2.23. The normalized spacial score (nSPS) is 15.2. The second-order valence-electron chi connectivity index (χ2n) is 8.62. The zero-order valence-corrected chi connectivity index (χ0v) is 20.9. The van der Waals surface area contributed by atoms with E-state index in [2.05, 4.69) is 15.3 Å². The standard InChI is InChI=1S/C26H25N7O3S/c1-16(34)37-15-21(35)32-13-4-5-19(32)25-31-22(23-24(27)29-12-14-33(23)25)17-7-9-18(10-8-17)26(36)30-20-6-2-3-11-28-20/h2-3,6-12,14,19H,4-5,13,15H2,1H3,(H2,27,29)(H,28,30,36)/t19-/m0/s1. The Balaban J connectivity index is 1.46. The maximum atomic E-state index is 12.9. The summed E-state index contributed by atoms with van der Waals surface area (Å²) in [5, 5.41) is 2.68. The first-order chi connectivity index (χ1) is 17.9. The van der Waals surface area contributed by atoms with Gasteiger partial charge in [0.05, 0.1) is 11.8 Å².